The predicted octanol–water partition coefficient (Wildman–Crippen LogP) is 3.58. The van der Waals surface area contributed by atoms with E-state index in [0.717, 1.165) is 33.9 Å². The molecule has 0 saturated carbocycles. The Labute approximate surface area is 120 Å². The molecular weight excluding hydrogens is 272 g/mol. The number of carbonyl (C=O) groups is 1. The zero-order valence-electron chi connectivity index (χ0n) is 11.3. The van der Waals surface area contributed by atoms with Crippen molar-refractivity contribution in [2.24, 2.45) is 0 Å². The molecule has 0 aliphatic heterocycles. The van der Waals surface area contributed by atoms with Gasteiger partial charge in [-0.2, -0.15) is 0 Å². The van der Waals surface area contributed by atoms with Crippen LogP contribution in [-0.4, -0.2) is 22.3 Å². The number of aryl methyl sites for hydroxylation is 1. The Hall–Kier alpha value is -2.14. The van der Waals surface area contributed by atoms with Crippen LogP contribution in [0.3, 0.4) is 0 Å². The van der Waals surface area contributed by atoms with Gasteiger partial charge in [0.1, 0.15) is 11.4 Å². The molecule has 20 heavy (non-hydrogen) atoms. The van der Waals surface area contributed by atoms with Crippen LogP contribution in [0.1, 0.15) is 23.1 Å². The van der Waals surface area contributed by atoms with Crippen molar-refractivity contribution in [3.05, 3.63) is 41.0 Å². The first-order valence-electron chi connectivity index (χ1n) is 6.40. The molecule has 0 N–H and O–H groups in total. The Bertz CT molecular complexity index is 773. The number of aromatic nitrogens is 2. The lowest BCUT2D eigenvalue weighted by Crippen LogP contribution is -1.97. The zero-order chi connectivity index (χ0) is 14.1. The molecule has 0 bridgehead atoms. The highest BCUT2D eigenvalue weighted by Crippen LogP contribution is 2.34. The van der Waals surface area contributed by atoms with Crippen LogP contribution in [0.5, 0.6) is 5.75 Å². The number of rotatable bonds is 4. The van der Waals surface area contributed by atoms with Crippen molar-refractivity contribution in [1.29, 1.82) is 0 Å². The molecule has 4 nitrogen and oxygen atoms in total. The average molecular weight is 286 g/mol. The first-order chi connectivity index (χ1) is 9.76. The maximum Gasteiger partial charge on any atom is 0.194 e. The van der Waals surface area contributed by atoms with Crippen LogP contribution >= 0.6 is 11.3 Å². The van der Waals surface area contributed by atoms with Gasteiger partial charge in [-0.3, -0.25) is 9.20 Å². The highest BCUT2D eigenvalue weighted by Gasteiger charge is 2.16. The van der Waals surface area contributed by atoms with Gasteiger partial charge in [0.05, 0.1) is 18.0 Å². The fraction of sp³-hybridized carbons (Fsp3) is 0.200. The van der Waals surface area contributed by atoms with E-state index in [2.05, 4.69) is 4.98 Å². The highest BCUT2D eigenvalue weighted by atomic mass is 32.1. The minimum Gasteiger partial charge on any atom is -0.493 e. The summed E-state index contributed by atoms with van der Waals surface area (Å²) < 4.78 is 7.57. The standard InChI is InChI=1S/C15H14N2O2S/c1-3-19-14-7-5-4-6-11(14)13-9-20-15-16-10(2)12(8-18)17(13)15/h4-9H,3H2,1-2H3. The molecular formula is C15H14N2O2S. The summed E-state index contributed by atoms with van der Waals surface area (Å²) in [6.07, 6.45) is 0.856. The number of carbonyl (C=O) groups excluding carboxylic acids is 1. The molecule has 3 aromatic rings. The van der Waals surface area contributed by atoms with Gasteiger partial charge in [-0.1, -0.05) is 12.1 Å². The summed E-state index contributed by atoms with van der Waals surface area (Å²) >= 11 is 1.52. The number of imidazole rings is 1. The lowest BCUT2D eigenvalue weighted by molar-refractivity contribution is 0.111. The molecule has 0 atom stereocenters. The molecule has 0 aliphatic rings. The second-order valence-corrected chi connectivity index (χ2v) is 5.20. The molecule has 0 unspecified atom stereocenters. The minimum atomic E-state index is 0.600. The van der Waals surface area contributed by atoms with Gasteiger partial charge in [0, 0.05) is 10.9 Å². The molecule has 2 heterocycles. The third kappa shape index (κ3) is 1.91. The maximum absolute atomic E-state index is 11.3. The average Bonchev–Trinajstić information content (AvgIpc) is 2.97. The van der Waals surface area contributed by atoms with Crippen LogP contribution in [0, 0.1) is 6.92 Å². The van der Waals surface area contributed by atoms with E-state index in [1.54, 1.807) is 0 Å². The lowest BCUT2D eigenvalue weighted by Gasteiger charge is -2.09. The quantitative estimate of drug-likeness (QED) is 0.688. The van der Waals surface area contributed by atoms with Crippen molar-refractivity contribution in [3.63, 3.8) is 0 Å². The van der Waals surface area contributed by atoms with Gasteiger partial charge < -0.3 is 4.74 Å². The SMILES string of the molecule is CCOc1ccccc1-c1csc2nc(C)c(C=O)n12. The fourth-order valence-electron chi connectivity index (χ4n) is 2.27. The Morgan fingerprint density at radius 2 is 2.20 bits per heavy atom. The number of fused-ring (bicyclic) bond motifs is 1. The molecule has 0 fully saturated rings. The molecule has 2 aromatic heterocycles. The number of hydrogen-bond donors (Lipinski definition) is 0. The van der Waals surface area contributed by atoms with E-state index in [9.17, 15) is 4.79 Å². The zero-order valence-corrected chi connectivity index (χ0v) is 12.1. The largest absolute Gasteiger partial charge is 0.493 e. The van der Waals surface area contributed by atoms with E-state index >= 15 is 0 Å². The third-order valence-electron chi connectivity index (χ3n) is 3.16. The van der Waals surface area contributed by atoms with Crippen molar-refractivity contribution in [2.75, 3.05) is 6.61 Å². The Kier molecular flexibility index (Phi) is 3.28. The van der Waals surface area contributed by atoms with Gasteiger partial charge in [-0.05, 0) is 26.0 Å². The van der Waals surface area contributed by atoms with Crippen LogP contribution in [0.25, 0.3) is 16.2 Å². The first kappa shape index (κ1) is 12.9. The number of nitrogens with zero attached hydrogens (tertiary/aromatic N) is 2. The number of aldehydes is 1. The topological polar surface area (TPSA) is 43.6 Å². The monoisotopic (exact) mass is 286 g/mol. The summed E-state index contributed by atoms with van der Waals surface area (Å²) in [6, 6.07) is 7.84. The predicted molar refractivity (Wildman–Crippen MR) is 79.8 cm³/mol. The Morgan fingerprint density at radius 1 is 1.40 bits per heavy atom. The minimum absolute atomic E-state index is 0.600. The second kappa shape index (κ2) is 5.09. The van der Waals surface area contributed by atoms with Crippen LogP contribution in [0.2, 0.25) is 0 Å². The maximum atomic E-state index is 11.3. The molecule has 1 aromatic carbocycles. The van der Waals surface area contributed by atoms with Gasteiger partial charge in [-0.15, -0.1) is 11.3 Å². The highest BCUT2D eigenvalue weighted by molar-refractivity contribution is 7.15. The number of para-hydroxylation sites is 1. The molecule has 102 valence electrons. The molecule has 0 amide bonds. The Balaban J connectivity index is 2.27. The van der Waals surface area contributed by atoms with Crippen molar-refractivity contribution in [1.82, 2.24) is 9.38 Å². The van der Waals surface area contributed by atoms with Crippen molar-refractivity contribution in [3.8, 4) is 17.0 Å². The summed E-state index contributed by atoms with van der Waals surface area (Å²) in [7, 11) is 0. The summed E-state index contributed by atoms with van der Waals surface area (Å²) in [5, 5.41) is 2.01. The molecule has 3 rings (SSSR count). The van der Waals surface area contributed by atoms with Crippen molar-refractivity contribution >= 4 is 22.6 Å². The van der Waals surface area contributed by atoms with Crippen LogP contribution in [-0.2, 0) is 0 Å². The number of thiazole rings is 1. The molecule has 0 saturated heterocycles. The smallest absolute Gasteiger partial charge is 0.194 e. The summed E-state index contributed by atoms with van der Waals surface area (Å²) in [5.74, 6) is 0.818. The number of benzene rings is 1. The lowest BCUT2D eigenvalue weighted by atomic mass is 10.1. The van der Waals surface area contributed by atoms with Crippen molar-refractivity contribution in [2.45, 2.75) is 13.8 Å². The molecule has 5 heteroatoms. The van der Waals surface area contributed by atoms with Crippen LogP contribution < -0.4 is 4.74 Å². The molecule has 0 radical (unpaired) electrons. The van der Waals surface area contributed by atoms with E-state index in [4.69, 9.17) is 4.74 Å². The fourth-order valence-corrected chi connectivity index (χ4v) is 3.21. The van der Waals surface area contributed by atoms with E-state index in [1.165, 1.54) is 11.3 Å². The van der Waals surface area contributed by atoms with E-state index in [1.807, 2.05) is 47.9 Å². The summed E-state index contributed by atoms with van der Waals surface area (Å²) in [5.41, 5.74) is 3.27. The summed E-state index contributed by atoms with van der Waals surface area (Å²) in [6.45, 7) is 4.41. The van der Waals surface area contributed by atoms with Gasteiger partial charge in [0.15, 0.2) is 11.2 Å². The van der Waals surface area contributed by atoms with Gasteiger partial charge >= 0.3 is 0 Å². The summed E-state index contributed by atoms with van der Waals surface area (Å²) in [4.78, 5) is 16.5. The van der Waals surface area contributed by atoms with E-state index < -0.39 is 0 Å². The molecule has 0 spiro atoms. The molecule has 0 aliphatic carbocycles. The normalized spacial score (nSPS) is 10.9. The van der Waals surface area contributed by atoms with E-state index in [-0.39, 0.29) is 0 Å². The van der Waals surface area contributed by atoms with Crippen molar-refractivity contribution < 1.29 is 9.53 Å². The van der Waals surface area contributed by atoms with Crippen LogP contribution in [0.15, 0.2) is 29.6 Å². The van der Waals surface area contributed by atoms with Gasteiger partial charge in [-0.25, -0.2) is 4.98 Å². The van der Waals surface area contributed by atoms with Gasteiger partial charge in [0.2, 0.25) is 0 Å². The van der Waals surface area contributed by atoms with Crippen LogP contribution in [0.4, 0.5) is 0 Å². The number of hydrogen-bond acceptors (Lipinski definition) is 4. The Morgan fingerprint density at radius 3 is 2.95 bits per heavy atom. The number of ether oxygens (including phenoxy) is 1. The van der Waals surface area contributed by atoms with Gasteiger partial charge in [0.25, 0.3) is 0 Å². The second-order valence-electron chi connectivity index (χ2n) is 4.37. The third-order valence-corrected chi connectivity index (χ3v) is 3.98. The first-order valence-corrected chi connectivity index (χ1v) is 7.28. The van der Waals surface area contributed by atoms with E-state index in [0.29, 0.717) is 12.3 Å².